The smallest absolute Gasteiger partial charge is 0.275 e. The van der Waals surface area contributed by atoms with E-state index in [0.29, 0.717) is 23.7 Å². The number of halogens is 1. The zero-order valence-electron chi connectivity index (χ0n) is 17.2. The Balaban J connectivity index is 1.56. The van der Waals surface area contributed by atoms with Crippen molar-refractivity contribution in [1.82, 2.24) is 25.2 Å². The maximum absolute atomic E-state index is 14.4. The van der Waals surface area contributed by atoms with Gasteiger partial charge in [0.1, 0.15) is 22.8 Å². The van der Waals surface area contributed by atoms with E-state index in [4.69, 9.17) is 4.74 Å². The Labute approximate surface area is 183 Å². The van der Waals surface area contributed by atoms with Gasteiger partial charge in [-0.05, 0) is 55.5 Å². The molecule has 2 aromatic heterocycles. The molecule has 0 aliphatic carbocycles. The van der Waals surface area contributed by atoms with Crippen LogP contribution in [-0.2, 0) is 0 Å². The summed E-state index contributed by atoms with van der Waals surface area (Å²) in [6.07, 6.45) is 4.74. The second-order valence-corrected chi connectivity index (χ2v) is 6.70. The van der Waals surface area contributed by atoms with Gasteiger partial charge in [0.05, 0.1) is 12.8 Å². The molecule has 0 atom stereocenters. The first kappa shape index (κ1) is 20.9. The normalized spacial score (nSPS) is 10.6. The van der Waals surface area contributed by atoms with Crippen molar-refractivity contribution in [3.05, 3.63) is 96.2 Å². The van der Waals surface area contributed by atoms with E-state index in [9.17, 15) is 14.0 Å². The van der Waals surface area contributed by atoms with Crippen LogP contribution in [-0.4, -0.2) is 32.8 Å². The summed E-state index contributed by atoms with van der Waals surface area (Å²) in [5, 5.41) is 4.21. The van der Waals surface area contributed by atoms with Crippen molar-refractivity contribution < 1.29 is 18.7 Å². The van der Waals surface area contributed by atoms with E-state index in [1.807, 2.05) is 6.92 Å². The van der Waals surface area contributed by atoms with Gasteiger partial charge in [-0.3, -0.25) is 20.4 Å². The second kappa shape index (κ2) is 9.17. The van der Waals surface area contributed by atoms with Crippen LogP contribution >= 0.6 is 0 Å². The van der Waals surface area contributed by atoms with Crippen LogP contribution in [0.3, 0.4) is 0 Å². The fourth-order valence-electron chi connectivity index (χ4n) is 3.15. The molecule has 8 nitrogen and oxygen atoms in total. The van der Waals surface area contributed by atoms with Gasteiger partial charge in [0.2, 0.25) is 0 Å². The first-order valence-electron chi connectivity index (χ1n) is 9.88. The lowest BCUT2D eigenvalue weighted by Gasteiger charge is -2.12. The predicted octanol–water partition coefficient (Wildman–Crippen LogP) is 3.28. The maximum atomic E-state index is 14.4. The molecule has 0 spiro atoms. The van der Waals surface area contributed by atoms with Gasteiger partial charge in [-0.25, -0.2) is 9.07 Å². The third-order valence-corrected chi connectivity index (χ3v) is 4.64. The van der Waals surface area contributed by atoms with E-state index < -0.39 is 17.6 Å². The fourth-order valence-corrected chi connectivity index (χ4v) is 3.15. The minimum absolute atomic E-state index is 0.149. The van der Waals surface area contributed by atoms with Gasteiger partial charge in [0, 0.05) is 18.0 Å². The Kier molecular flexibility index (Phi) is 5.98. The van der Waals surface area contributed by atoms with Gasteiger partial charge in [-0.1, -0.05) is 12.1 Å². The average molecular weight is 433 g/mol. The number of para-hydroxylation sites is 1. The van der Waals surface area contributed by atoms with Gasteiger partial charge in [-0.15, -0.1) is 0 Å². The van der Waals surface area contributed by atoms with Crippen LogP contribution in [0.1, 0.15) is 27.6 Å². The highest BCUT2D eigenvalue weighted by atomic mass is 19.1. The summed E-state index contributed by atoms with van der Waals surface area (Å²) >= 11 is 0. The Morgan fingerprint density at radius 3 is 2.34 bits per heavy atom. The molecular weight excluding hydrogens is 413 g/mol. The predicted molar refractivity (Wildman–Crippen MR) is 115 cm³/mol. The second-order valence-electron chi connectivity index (χ2n) is 6.70. The minimum Gasteiger partial charge on any atom is -0.494 e. The van der Waals surface area contributed by atoms with Crippen molar-refractivity contribution in [3.8, 4) is 17.3 Å². The van der Waals surface area contributed by atoms with Crippen LogP contribution in [0.25, 0.3) is 11.5 Å². The molecule has 0 aliphatic rings. The highest BCUT2D eigenvalue weighted by molar-refractivity contribution is 6.00. The number of hydrogen-bond donors (Lipinski definition) is 2. The van der Waals surface area contributed by atoms with Crippen molar-refractivity contribution in [2.45, 2.75) is 6.92 Å². The van der Waals surface area contributed by atoms with Crippen molar-refractivity contribution in [2.24, 2.45) is 0 Å². The van der Waals surface area contributed by atoms with Gasteiger partial charge in [-0.2, -0.15) is 5.10 Å². The zero-order valence-corrected chi connectivity index (χ0v) is 17.2. The van der Waals surface area contributed by atoms with Gasteiger partial charge in [0.25, 0.3) is 11.8 Å². The molecule has 162 valence electrons. The number of hydrogen-bond acceptors (Lipinski definition) is 4. The molecule has 0 saturated carbocycles. The largest absolute Gasteiger partial charge is 0.494 e. The Morgan fingerprint density at radius 2 is 1.66 bits per heavy atom. The number of hydrazine groups is 1. The number of carbonyl (C=O) groups excluding carboxylic acids is 2. The molecule has 2 heterocycles. The number of carbonyl (C=O) groups is 2. The number of ether oxygens (including phenoxy) is 1. The third kappa shape index (κ3) is 4.22. The molecule has 0 unspecified atom stereocenters. The highest BCUT2D eigenvalue weighted by Crippen LogP contribution is 2.21. The molecule has 4 aromatic rings. The summed E-state index contributed by atoms with van der Waals surface area (Å²) in [6.45, 7) is 2.39. The molecule has 2 amide bonds. The summed E-state index contributed by atoms with van der Waals surface area (Å²) in [6, 6.07) is 16.2. The van der Waals surface area contributed by atoms with Gasteiger partial charge < -0.3 is 9.30 Å². The van der Waals surface area contributed by atoms with E-state index in [-0.39, 0.29) is 11.3 Å². The van der Waals surface area contributed by atoms with Crippen molar-refractivity contribution >= 4 is 11.8 Å². The average Bonchev–Trinajstić information content (AvgIpc) is 3.48. The fraction of sp³-hybridized carbons (Fsp3) is 0.0870. The lowest BCUT2D eigenvalue weighted by molar-refractivity contribution is 0.0846. The molecule has 0 fully saturated rings. The maximum Gasteiger partial charge on any atom is 0.275 e. The first-order chi connectivity index (χ1) is 15.6. The van der Waals surface area contributed by atoms with E-state index >= 15 is 0 Å². The van der Waals surface area contributed by atoms with E-state index in [1.165, 1.54) is 16.9 Å². The SMILES string of the molecule is CCOc1ccc(C(=O)NNC(=O)c2cnn(-c3ccccc3F)c2-n2cccc2)cc1. The summed E-state index contributed by atoms with van der Waals surface area (Å²) in [4.78, 5) is 25.3. The molecule has 0 saturated heterocycles. The number of nitrogens with one attached hydrogen (secondary N) is 2. The zero-order chi connectivity index (χ0) is 22.5. The third-order valence-electron chi connectivity index (χ3n) is 4.64. The molecule has 0 bridgehead atoms. The highest BCUT2D eigenvalue weighted by Gasteiger charge is 2.21. The minimum atomic E-state index is -0.601. The summed E-state index contributed by atoms with van der Waals surface area (Å²) in [5.74, 6) is -0.612. The van der Waals surface area contributed by atoms with Crippen LogP contribution in [0, 0.1) is 5.82 Å². The number of benzene rings is 2. The number of amides is 2. The topological polar surface area (TPSA) is 90.2 Å². The molecular formula is C23H20FN5O3. The lowest BCUT2D eigenvalue weighted by Crippen LogP contribution is -2.41. The van der Waals surface area contributed by atoms with Crippen LogP contribution in [0.15, 0.2) is 79.3 Å². The number of rotatable bonds is 6. The molecule has 2 N–H and O–H groups in total. The Bertz CT molecular complexity index is 1230. The van der Waals surface area contributed by atoms with Gasteiger partial charge in [0.15, 0.2) is 5.82 Å². The summed E-state index contributed by atoms with van der Waals surface area (Å²) < 4.78 is 22.7. The first-order valence-corrected chi connectivity index (χ1v) is 9.88. The van der Waals surface area contributed by atoms with Crippen molar-refractivity contribution in [3.63, 3.8) is 0 Å². The van der Waals surface area contributed by atoms with Crippen LogP contribution in [0.2, 0.25) is 0 Å². The lowest BCUT2D eigenvalue weighted by atomic mass is 10.2. The van der Waals surface area contributed by atoms with Crippen molar-refractivity contribution in [2.75, 3.05) is 6.61 Å². The van der Waals surface area contributed by atoms with E-state index in [1.54, 1.807) is 71.6 Å². The summed E-state index contributed by atoms with van der Waals surface area (Å²) in [5.41, 5.74) is 5.46. The molecule has 32 heavy (non-hydrogen) atoms. The number of aromatic nitrogens is 3. The van der Waals surface area contributed by atoms with Crippen molar-refractivity contribution in [1.29, 1.82) is 0 Å². The van der Waals surface area contributed by atoms with Crippen LogP contribution < -0.4 is 15.6 Å². The molecule has 4 rings (SSSR count). The monoisotopic (exact) mass is 433 g/mol. The van der Waals surface area contributed by atoms with Crippen LogP contribution in [0.4, 0.5) is 4.39 Å². The van der Waals surface area contributed by atoms with Crippen LogP contribution in [0.5, 0.6) is 5.75 Å². The Hall–Kier alpha value is -4.40. The number of nitrogens with zero attached hydrogens (tertiary/aromatic N) is 3. The van der Waals surface area contributed by atoms with E-state index in [0.717, 1.165) is 0 Å². The molecule has 9 heteroatoms. The van der Waals surface area contributed by atoms with E-state index in [2.05, 4.69) is 16.0 Å². The Morgan fingerprint density at radius 1 is 0.969 bits per heavy atom. The quantitative estimate of drug-likeness (QED) is 0.457. The molecule has 0 radical (unpaired) electrons. The standard InChI is InChI=1S/C23H20FN5O3/c1-2-32-17-11-9-16(10-12-17)21(30)26-27-22(31)18-15-25-29(20-8-4-3-7-19(20)24)23(18)28-13-5-6-14-28/h3-15H,2H2,1H3,(H,26,30)(H,27,31). The van der Waals surface area contributed by atoms with Gasteiger partial charge >= 0.3 is 0 Å². The molecule has 0 aliphatic heterocycles. The molecule has 2 aromatic carbocycles. The summed E-state index contributed by atoms with van der Waals surface area (Å²) in [7, 11) is 0.